The number of carbonyl (C=O) groups is 2. The number of anilines is 1. The average Bonchev–Trinajstić information content (AvgIpc) is 2.96. The molecule has 0 saturated heterocycles. The number of hydrogen-bond donors (Lipinski definition) is 1. The fourth-order valence-electron chi connectivity index (χ4n) is 1.79. The summed E-state index contributed by atoms with van der Waals surface area (Å²) < 4.78 is 0. The molecule has 0 unspecified atom stereocenters. The van der Waals surface area contributed by atoms with Crippen LogP contribution >= 0.6 is 11.3 Å². The van der Waals surface area contributed by atoms with Crippen LogP contribution in [0, 0.1) is 0 Å². The van der Waals surface area contributed by atoms with Crippen LogP contribution in [0.15, 0.2) is 24.3 Å². The van der Waals surface area contributed by atoms with Gasteiger partial charge in [0.1, 0.15) is 5.01 Å². The van der Waals surface area contributed by atoms with E-state index in [9.17, 15) is 9.59 Å². The summed E-state index contributed by atoms with van der Waals surface area (Å²) in [5.41, 5.74) is 0.921. The molecule has 1 aromatic carbocycles. The largest absolute Gasteiger partial charge is 0.345 e. The zero-order chi connectivity index (χ0) is 17.2. The van der Waals surface area contributed by atoms with Gasteiger partial charge in [-0.1, -0.05) is 38.2 Å². The summed E-state index contributed by atoms with van der Waals surface area (Å²) in [6.07, 6.45) is 0. The maximum atomic E-state index is 12.3. The van der Waals surface area contributed by atoms with Crippen LogP contribution in [0.1, 0.15) is 45.9 Å². The second-order valence-electron chi connectivity index (χ2n) is 6.40. The van der Waals surface area contributed by atoms with Crippen molar-refractivity contribution in [2.75, 3.05) is 19.4 Å². The van der Waals surface area contributed by atoms with Gasteiger partial charge in [0.2, 0.25) is 5.01 Å². The summed E-state index contributed by atoms with van der Waals surface area (Å²) in [5, 5.41) is 11.9. The molecule has 6 nitrogen and oxygen atoms in total. The van der Waals surface area contributed by atoms with Crippen LogP contribution in [0.3, 0.4) is 0 Å². The minimum Gasteiger partial charge on any atom is -0.345 e. The van der Waals surface area contributed by atoms with Crippen molar-refractivity contribution >= 4 is 28.8 Å². The SMILES string of the molecule is CN(C)C(=O)c1cccc(NC(=O)c2nnc(C(C)(C)C)s2)c1. The Labute approximate surface area is 139 Å². The summed E-state index contributed by atoms with van der Waals surface area (Å²) in [5.74, 6) is -0.445. The number of hydrogen-bond acceptors (Lipinski definition) is 5. The maximum Gasteiger partial charge on any atom is 0.286 e. The molecule has 1 N–H and O–H groups in total. The predicted octanol–water partition coefficient (Wildman–Crippen LogP) is 2.79. The molecule has 0 radical (unpaired) electrons. The second-order valence-corrected chi connectivity index (χ2v) is 7.37. The Morgan fingerprint density at radius 1 is 1.17 bits per heavy atom. The Hall–Kier alpha value is -2.28. The molecule has 0 bridgehead atoms. The van der Waals surface area contributed by atoms with E-state index in [0.29, 0.717) is 16.3 Å². The van der Waals surface area contributed by atoms with E-state index < -0.39 is 0 Å². The van der Waals surface area contributed by atoms with Gasteiger partial charge in [-0.2, -0.15) is 0 Å². The molecule has 2 rings (SSSR count). The fraction of sp³-hybridized carbons (Fsp3) is 0.375. The number of amides is 2. The third-order valence-corrected chi connectivity index (χ3v) is 4.38. The first-order valence-electron chi connectivity index (χ1n) is 7.15. The minimum absolute atomic E-state index is 0.118. The molecule has 1 heterocycles. The van der Waals surface area contributed by atoms with Crippen molar-refractivity contribution < 1.29 is 9.59 Å². The molecule has 2 aromatic rings. The Morgan fingerprint density at radius 2 is 1.87 bits per heavy atom. The molecule has 0 spiro atoms. The third-order valence-electron chi connectivity index (χ3n) is 3.03. The molecule has 0 fully saturated rings. The zero-order valence-electron chi connectivity index (χ0n) is 13.9. The van der Waals surface area contributed by atoms with Crippen LogP contribution in [0.4, 0.5) is 5.69 Å². The molecule has 0 atom stereocenters. The highest BCUT2D eigenvalue weighted by Gasteiger charge is 2.22. The van der Waals surface area contributed by atoms with E-state index >= 15 is 0 Å². The lowest BCUT2D eigenvalue weighted by atomic mass is 9.98. The number of aromatic nitrogens is 2. The number of carbonyl (C=O) groups excluding carboxylic acids is 2. The second kappa shape index (κ2) is 6.45. The van der Waals surface area contributed by atoms with Gasteiger partial charge in [0.15, 0.2) is 0 Å². The Kier molecular flexibility index (Phi) is 4.79. The van der Waals surface area contributed by atoms with E-state index in [2.05, 4.69) is 15.5 Å². The Balaban J connectivity index is 2.16. The lowest BCUT2D eigenvalue weighted by Gasteiger charge is -2.12. The van der Waals surface area contributed by atoms with E-state index in [0.717, 1.165) is 5.01 Å². The first kappa shape index (κ1) is 17.1. The standard InChI is InChI=1S/C16H20N4O2S/c1-16(2,3)15-19-18-13(23-15)12(21)17-11-8-6-7-10(9-11)14(22)20(4)5/h6-9H,1-5H3,(H,17,21). The van der Waals surface area contributed by atoms with Crippen molar-refractivity contribution in [1.82, 2.24) is 15.1 Å². The van der Waals surface area contributed by atoms with Gasteiger partial charge in [0, 0.05) is 30.8 Å². The highest BCUT2D eigenvalue weighted by Crippen LogP contribution is 2.25. The summed E-state index contributed by atoms with van der Waals surface area (Å²) in [6, 6.07) is 6.82. The number of rotatable bonds is 3. The van der Waals surface area contributed by atoms with Crippen LogP contribution in [0.25, 0.3) is 0 Å². The monoisotopic (exact) mass is 332 g/mol. The van der Waals surface area contributed by atoms with Gasteiger partial charge in [-0.15, -0.1) is 10.2 Å². The summed E-state index contributed by atoms with van der Waals surface area (Å²) in [6.45, 7) is 6.06. The maximum absolute atomic E-state index is 12.3. The first-order valence-corrected chi connectivity index (χ1v) is 7.97. The number of benzene rings is 1. The highest BCUT2D eigenvalue weighted by molar-refractivity contribution is 7.13. The third kappa shape index (κ3) is 4.13. The summed E-state index contributed by atoms with van der Waals surface area (Å²) in [4.78, 5) is 25.7. The summed E-state index contributed by atoms with van der Waals surface area (Å²) in [7, 11) is 3.37. The molecule has 2 amide bonds. The number of nitrogens with one attached hydrogen (secondary N) is 1. The lowest BCUT2D eigenvalue weighted by molar-refractivity contribution is 0.0827. The van der Waals surface area contributed by atoms with Crippen molar-refractivity contribution in [2.45, 2.75) is 26.2 Å². The minimum atomic E-state index is -0.326. The van der Waals surface area contributed by atoms with Gasteiger partial charge >= 0.3 is 0 Å². The molecule has 0 aliphatic heterocycles. The van der Waals surface area contributed by atoms with E-state index in [4.69, 9.17) is 0 Å². The molecule has 0 saturated carbocycles. The van der Waals surface area contributed by atoms with Crippen LogP contribution < -0.4 is 5.32 Å². The van der Waals surface area contributed by atoms with Gasteiger partial charge in [-0.25, -0.2) is 0 Å². The smallest absolute Gasteiger partial charge is 0.286 e. The first-order chi connectivity index (χ1) is 10.7. The van der Waals surface area contributed by atoms with Gasteiger partial charge in [0.05, 0.1) is 0 Å². The average molecular weight is 332 g/mol. The molecule has 7 heteroatoms. The molecule has 0 aliphatic carbocycles. The van der Waals surface area contributed by atoms with Crippen molar-refractivity contribution in [3.05, 3.63) is 39.8 Å². The molecule has 23 heavy (non-hydrogen) atoms. The van der Waals surface area contributed by atoms with Crippen molar-refractivity contribution in [1.29, 1.82) is 0 Å². The highest BCUT2D eigenvalue weighted by atomic mass is 32.1. The quantitative estimate of drug-likeness (QED) is 0.938. The molecule has 1 aromatic heterocycles. The van der Waals surface area contributed by atoms with Crippen LogP contribution in [-0.2, 0) is 5.41 Å². The Bertz CT molecular complexity index is 732. The Morgan fingerprint density at radius 3 is 2.43 bits per heavy atom. The van der Waals surface area contributed by atoms with Crippen molar-refractivity contribution in [2.24, 2.45) is 0 Å². The summed E-state index contributed by atoms with van der Waals surface area (Å²) >= 11 is 1.27. The van der Waals surface area contributed by atoms with Crippen LogP contribution in [-0.4, -0.2) is 41.0 Å². The van der Waals surface area contributed by atoms with E-state index in [1.165, 1.54) is 16.2 Å². The zero-order valence-corrected chi connectivity index (χ0v) is 14.7. The van der Waals surface area contributed by atoms with Gasteiger partial charge in [0.25, 0.3) is 11.8 Å². The van der Waals surface area contributed by atoms with Gasteiger partial charge in [-0.05, 0) is 18.2 Å². The van der Waals surface area contributed by atoms with E-state index in [-0.39, 0.29) is 17.2 Å². The number of nitrogens with zero attached hydrogens (tertiary/aromatic N) is 3. The predicted molar refractivity (Wildman–Crippen MR) is 91.0 cm³/mol. The topological polar surface area (TPSA) is 75.2 Å². The molecular weight excluding hydrogens is 312 g/mol. The molecule has 122 valence electrons. The van der Waals surface area contributed by atoms with Crippen LogP contribution in [0.2, 0.25) is 0 Å². The van der Waals surface area contributed by atoms with Crippen molar-refractivity contribution in [3.8, 4) is 0 Å². The molecular formula is C16H20N4O2S. The van der Waals surface area contributed by atoms with Crippen molar-refractivity contribution in [3.63, 3.8) is 0 Å². The van der Waals surface area contributed by atoms with E-state index in [1.807, 2.05) is 20.8 Å². The lowest BCUT2D eigenvalue weighted by Crippen LogP contribution is -2.21. The van der Waals surface area contributed by atoms with Crippen LogP contribution in [0.5, 0.6) is 0 Å². The van der Waals surface area contributed by atoms with Gasteiger partial charge in [-0.3, -0.25) is 9.59 Å². The molecule has 0 aliphatic rings. The van der Waals surface area contributed by atoms with E-state index in [1.54, 1.807) is 38.4 Å². The fourth-order valence-corrected chi connectivity index (χ4v) is 2.59. The van der Waals surface area contributed by atoms with Gasteiger partial charge < -0.3 is 10.2 Å². The normalized spacial score (nSPS) is 11.2.